The monoisotopic (exact) mass is 208 g/mol. The number of nitrogen functional groups attached to an aromatic ring is 1. The molecular formula is C10H12N2O3. The van der Waals surface area contributed by atoms with Crippen molar-refractivity contribution in [1.29, 1.82) is 0 Å². The van der Waals surface area contributed by atoms with Crippen molar-refractivity contribution in [3.8, 4) is 0 Å². The Kier molecular flexibility index (Phi) is 3.28. The number of hydrogen-bond donors (Lipinski definition) is 2. The minimum absolute atomic E-state index is 0.277. The molecular weight excluding hydrogens is 196 g/mol. The third-order valence-electron chi connectivity index (χ3n) is 1.85. The zero-order valence-corrected chi connectivity index (χ0v) is 8.32. The van der Waals surface area contributed by atoms with E-state index in [0.717, 1.165) is 0 Å². The molecule has 5 nitrogen and oxygen atoms in total. The fourth-order valence-corrected chi connectivity index (χ4v) is 1.18. The first-order valence-electron chi connectivity index (χ1n) is 4.33. The van der Waals surface area contributed by atoms with Crippen molar-refractivity contribution in [2.24, 2.45) is 5.73 Å². The van der Waals surface area contributed by atoms with E-state index in [0.29, 0.717) is 11.3 Å². The molecule has 0 unspecified atom stereocenters. The highest BCUT2D eigenvalue weighted by molar-refractivity contribution is 5.97. The van der Waals surface area contributed by atoms with Gasteiger partial charge in [-0.15, -0.1) is 0 Å². The predicted molar refractivity (Wildman–Crippen MR) is 55.1 cm³/mol. The fourth-order valence-electron chi connectivity index (χ4n) is 1.18. The molecule has 0 aromatic heterocycles. The van der Waals surface area contributed by atoms with Crippen LogP contribution in [0.4, 0.5) is 5.69 Å². The van der Waals surface area contributed by atoms with Crippen LogP contribution in [0.3, 0.4) is 0 Å². The number of rotatable bonds is 3. The number of anilines is 1. The van der Waals surface area contributed by atoms with Crippen LogP contribution in [-0.4, -0.2) is 18.5 Å². The molecule has 1 rings (SSSR count). The number of nitrogens with two attached hydrogens (primary N) is 2. The Morgan fingerprint density at radius 3 is 2.60 bits per heavy atom. The predicted octanol–water partition coefficient (Wildman–Crippen LogP) is 0.219. The van der Waals surface area contributed by atoms with Crippen molar-refractivity contribution < 1.29 is 14.3 Å². The van der Waals surface area contributed by atoms with Gasteiger partial charge in [-0.1, -0.05) is 12.1 Å². The maximum absolute atomic E-state index is 11.5. The average molecular weight is 208 g/mol. The zero-order chi connectivity index (χ0) is 11.4. The van der Waals surface area contributed by atoms with Gasteiger partial charge in [0.1, 0.15) is 0 Å². The van der Waals surface area contributed by atoms with Crippen LogP contribution in [0.25, 0.3) is 0 Å². The van der Waals surface area contributed by atoms with Gasteiger partial charge in [-0.05, 0) is 18.6 Å². The second kappa shape index (κ2) is 4.45. The SMILES string of the molecule is Cc1cccc(N)c1C(=O)OCC(N)=O. The summed E-state index contributed by atoms with van der Waals surface area (Å²) < 4.78 is 4.66. The molecule has 0 bridgehead atoms. The first kappa shape index (κ1) is 11.0. The van der Waals surface area contributed by atoms with Crippen molar-refractivity contribution >= 4 is 17.6 Å². The van der Waals surface area contributed by atoms with Crippen molar-refractivity contribution in [2.45, 2.75) is 6.92 Å². The molecule has 0 heterocycles. The summed E-state index contributed by atoms with van der Waals surface area (Å²) in [5, 5.41) is 0. The summed E-state index contributed by atoms with van der Waals surface area (Å²) >= 11 is 0. The fraction of sp³-hybridized carbons (Fsp3) is 0.200. The number of hydrogen-bond acceptors (Lipinski definition) is 4. The maximum atomic E-state index is 11.5. The summed E-state index contributed by atoms with van der Waals surface area (Å²) in [6, 6.07) is 5.06. The molecule has 0 spiro atoms. The lowest BCUT2D eigenvalue weighted by molar-refractivity contribution is -0.121. The molecule has 80 valence electrons. The van der Waals surface area contributed by atoms with Gasteiger partial charge in [-0.2, -0.15) is 0 Å². The largest absolute Gasteiger partial charge is 0.452 e. The third kappa shape index (κ3) is 2.70. The lowest BCUT2D eigenvalue weighted by Crippen LogP contribution is -2.21. The summed E-state index contributed by atoms with van der Waals surface area (Å²) in [5.74, 6) is -1.33. The molecule has 0 radical (unpaired) electrons. The number of ether oxygens (including phenoxy) is 1. The second-order valence-electron chi connectivity index (χ2n) is 3.08. The number of carbonyl (C=O) groups is 2. The van der Waals surface area contributed by atoms with E-state index < -0.39 is 18.5 Å². The summed E-state index contributed by atoms with van der Waals surface area (Å²) in [7, 11) is 0. The number of aryl methyl sites for hydroxylation is 1. The first-order chi connectivity index (χ1) is 7.02. The summed E-state index contributed by atoms with van der Waals surface area (Å²) in [5.41, 5.74) is 11.8. The zero-order valence-electron chi connectivity index (χ0n) is 8.32. The Bertz CT molecular complexity index is 381. The van der Waals surface area contributed by atoms with E-state index in [1.54, 1.807) is 25.1 Å². The number of primary amides is 1. The molecule has 15 heavy (non-hydrogen) atoms. The van der Waals surface area contributed by atoms with Crippen molar-refractivity contribution in [3.05, 3.63) is 29.3 Å². The van der Waals surface area contributed by atoms with Gasteiger partial charge < -0.3 is 16.2 Å². The molecule has 0 saturated carbocycles. The van der Waals surface area contributed by atoms with Crippen LogP contribution in [0.15, 0.2) is 18.2 Å². The molecule has 0 atom stereocenters. The number of benzene rings is 1. The molecule has 1 aromatic rings. The molecule has 4 N–H and O–H groups in total. The highest BCUT2D eigenvalue weighted by atomic mass is 16.5. The van der Waals surface area contributed by atoms with E-state index in [2.05, 4.69) is 4.74 Å². The normalized spacial score (nSPS) is 9.67. The smallest absolute Gasteiger partial charge is 0.341 e. The molecule has 0 aliphatic carbocycles. The van der Waals surface area contributed by atoms with E-state index >= 15 is 0 Å². The van der Waals surface area contributed by atoms with Gasteiger partial charge >= 0.3 is 5.97 Å². The van der Waals surface area contributed by atoms with Gasteiger partial charge in [0.25, 0.3) is 5.91 Å². The highest BCUT2D eigenvalue weighted by Gasteiger charge is 2.14. The number of esters is 1. The highest BCUT2D eigenvalue weighted by Crippen LogP contribution is 2.16. The van der Waals surface area contributed by atoms with Crippen LogP contribution >= 0.6 is 0 Å². The molecule has 0 saturated heterocycles. The van der Waals surface area contributed by atoms with E-state index in [-0.39, 0.29) is 5.56 Å². The Hall–Kier alpha value is -2.04. The van der Waals surface area contributed by atoms with Gasteiger partial charge in [0.2, 0.25) is 0 Å². The molecule has 0 fully saturated rings. The van der Waals surface area contributed by atoms with Gasteiger partial charge in [0.05, 0.1) is 5.56 Å². The first-order valence-corrected chi connectivity index (χ1v) is 4.33. The summed E-state index contributed by atoms with van der Waals surface area (Å²) in [6.45, 7) is 1.30. The third-order valence-corrected chi connectivity index (χ3v) is 1.85. The van der Waals surface area contributed by atoms with Crippen LogP contribution in [-0.2, 0) is 9.53 Å². The Labute approximate surface area is 87.0 Å². The molecule has 1 aromatic carbocycles. The quantitative estimate of drug-likeness (QED) is 0.548. The van der Waals surface area contributed by atoms with Crippen LogP contribution in [0.2, 0.25) is 0 Å². The van der Waals surface area contributed by atoms with Gasteiger partial charge in [-0.25, -0.2) is 4.79 Å². The number of amides is 1. The second-order valence-corrected chi connectivity index (χ2v) is 3.08. The van der Waals surface area contributed by atoms with E-state index in [1.165, 1.54) is 0 Å². The van der Waals surface area contributed by atoms with E-state index in [9.17, 15) is 9.59 Å². The maximum Gasteiger partial charge on any atom is 0.341 e. The van der Waals surface area contributed by atoms with E-state index in [4.69, 9.17) is 11.5 Å². The Morgan fingerprint density at radius 2 is 2.07 bits per heavy atom. The minimum Gasteiger partial charge on any atom is -0.452 e. The average Bonchev–Trinajstić information content (AvgIpc) is 2.14. The van der Waals surface area contributed by atoms with Crippen LogP contribution in [0.1, 0.15) is 15.9 Å². The van der Waals surface area contributed by atoms with Crippen molar-refractivity contribution in [1.82, 2.24) is 0 Å². The van der Waals surface area contributed by atoms with Crippen molar-refractivity contribution in [3.63, 3.8) is 0 Å². The van der Waals surface area contributed by atoms with Gasteiger partial charge in [-0.3, -0.25) is 4.79 Å². The summed E-state index contributed by atoms with van der Waals surface area (Å²) in [6.07, 6.45) is 0. The lowest BCUT2D eigenvalue weighted by atomic mass is 10.1. The van der Waals surface area contributed by atoms with E-state index in [1.807, 2.05) is 0 Å². The number of carbonyl (C=O) groups excluding carboxylic acids is 2. The molecule has 1 amide bonds. The van der Waals surface area contributed by atoms with Gasteiger partial charge in [0, 0.05) is 5.69 Å². The topological polar surface area (TPSA) is 95.4 Å². The van der Waals surface area contributed by atoms with Gasteiger partial charge in [0.15, 0.2) is 6.61 Å². The standard InChI is InChI=1S/C10H12N2O3/c1-6-3-2-4-7(11)9(6)10(14)15-5-8(12)13/h2-4H,5,11H2,1H3,(H2,12,13). The van der Waals surface area contributed by atoms with Crippen molar-refractivity contribution in [2.75, 3.05) is 12.3 Å². The Morgan fingerprint density at radius 1 is 1.40 bits per heavy atom. The summed E-state index contributed by atoms with van der Waals surface area (Å²) in [4.78, 5) is 21.9. The Balaban J connectivity index is 2.86. The van der Waals surface area contributed by atoms with Crippen LogP contribution < -0.4 is 11.5 Å². The van der Waals surface area contributed by atoms with Crippen LogP contribution in [0.5, 0.6) is 0 Å². The molecule has 5 heteroatoms. The lowest BCUT2D eigenvalue weighted by Gasteiger charge is -2.07. The minimum atomic E-state index is -0.699. The van der Waals surface area contributed by atoms with Crippen LogP contribution in [0, 0.1) is 6.92 Å². The molecule has 0 aliphatic rings. The molecule has 0 aliphatic heterocycles.